The van der Waals surface area contributed by atoms with Crippen LogP contribution in [0, 0.1) is 28.6 Å². The molecular formula is C14H13N5S2. The number of hydrogen-bond acceptors (Lipinski definition) is 7. The van der Waals surface area contributed by atoms with E-state index < -0.39 is 0 Å². The smallest absolute Gasteiger partial charge is 0.210 e. The molecule has 0 aliphatic heterocycles. The van der Waals surface area contributed by atoms with Crippen LogP contribution in [0.4, 0.5) is 10.8 Å². The Balaban J connectivity index is 1.86. The Labute approximate surface area is 131 Å². The summed E-state index contributed by atoms with van der Waals surface area (Å²) in [6.07, 6.45) is 1.02. The molecule has 2 rings (SSSR count). The van der Waals surface area contributed by atoms with Gasteiger partial charge >= 0.3 is 0 Å². The minimum atomic E-state index is -0.121. The van der Waals surface area contributed by atoms with E-state index in [2.05, 4.69) is 27.7 Å². The molecule has 0 bridgehead atoms. The predicted octanol–water partition coefficient (Wildman–Crippen LogP) is 3.82. The van der Waals surface area contributed by atoms with Crippen molar-refractivity contribution in [3.63, 3.8) is 0 Å². The number of thioether (sulfide) groups is 1. The molecule has 0 saturated heterocycles. The van der Waals surface area contributed by atoms with Crippen LogP contribution >= 0.6 is 23.1 Å². The number of benzene rings is 1. The maximum atomic E-state index is 9.01. The first-order chi connectivity index (χ1) is 10.3. The molecule has 0 saturated carbocycles. The van der Waals surface area contributed by atoms with Crippen molar-refractivity contribution in [3.05, 3.63) is 30.3 Å². The molecule has 1 aromatic heterocycles. The monoisotopic (exact) mass is 315 g/mol. The quantitative estimate of drug-likeness (QED) is 0.782. The van der Waals surface area contributed by atoms with Crippen LogP contribution in [-0.2, 0) is 0 Å². The van der Waals surface area contributed by atoms with Gasteiger partial charge in [0, 0.05) is 17.9 Å². The molecule has 0 aliphatic rings. The maximum Gasteiger partial charge on any atom is 0.210 e. The number of rotatable bonds is 7. The lowest BCUT2D eigenvalue weighted by atomic mass is 10.1. The number of hydrogen-bond donors (Lipinski definition) is 1. The third-order valence-corrected chi connectivity index (χ3v) is 4.76. The van der Waals surface area contributed by atoms with Crippen LogP contribution in [0.15, 0.2) is 34.7 Å². The second-order valence-electron chi connectivity index (χ2n) is 4.20. The van der Waals surface area contributed by atoms with E-state index in [-0.39, 0.29) is 5.92 Å². The average molecular weight is 315 g/mol. The number of anilines is 2. The Kier molecular flexibility index (Phi) is 6.01. The lowest BCUT2D eigenvalue weighted by Crippen LogP contribution is -1.99. The Morgan fingerprint density at radius 1 is 1.24 bits per heavy atom. The Hall–Kier alpha value is -2.09. The van der Waals surface area contributed by atoms with Gasteiger partial charge in [-0.05, 0) is 18.6 Å². The van der Waals surface area contributed by atoms with E-state index in [1.54, 1.807) is 0 Å². The van der Waals surface area contributed by atoms with Gasteiger partial charge in [0.1, 0.15) is 0 Å². The Bertz CT molecular complexity index is 641. The van der Waals surface area contributed by atoms with Crippen molar-refractivity contribution in [2.45, 2.75) is 17.2 Å². The molecule has 2 aromatic rings. The number of nitrogens with zero attached hydrogens (tertiary/aromatic N) is 4. The lowest BCUT2D eigenvalue weighted by Gasteiger charge is -2.03. The molecule has 0 amide bonds. The fourth-order valence-electron chi connectivity index (χ4n) is 1.56. The van der Waals surface area contributed by atoms with Crippen molar-refractivity contribution < 1.29 is 0 Å². The topological polar surface area (TPSA) is 85.4 Å². The fourth-order valence-corrected chi connectivity index (χ4v) is 3.42. The Morgan fingerprint density at radius 2 is 2.05 bits per heavy atom. The summed E-state index contributed by atoms with van der Waals surface area (Å²) in [5.74, 6) is 0.516. The number of nitrogens with one attached hydrogen (secondary N) is 1. The minimum Gasteiger partial charge on any atom is -0.330 e. The van der Waals surface area contributed by atoms with Gasteiger partial charge in [-0.2, -0.15) is 10.5 Å². The highest BCUT2D eigenvalue weighted by atomic mass is 32.2. The van der Waals surface area contributed by atoms with Crippen molar-refractivity contribution >= 4 is 33.9 Å². The first-order valence-electron chi connectivity index (χ1n) is 6.36. The highest BCUT2D eigenvalue weighted by Crippen LogP contribution is 2.29. The average Bonchev–Trinajstić information content (AvgIpc) is 2.96. The fraction of sp³-hybridized carbons (Fsp3) is 0.286. The highest BCUT2D eigenvalue weighted by molar-refractivity contribution is 8.01. The second-order valence-corrected chi connectivity index (χ2v) is 6.44. The van der Waals surface area contributed by atoms with E-state index in [0.717, 1.165) is 15.2 Å². The highest BCUT2D eigenvalue weighted by Gasteiger charge is 2.11. The molecule has 5 nitrogen and oxygen atoms in total. The van der Waals surface area contributed by atoms with Gasteiger partial charge in [0.25, 0.3) is 0 Å². The van der Waals surface area contributed by atoms with E-state index in [9.17, 15) is 0 Å². The van der Waals surface area contributed by atoms with Crippen LogP contribution in [0.3, 0.4) is 0 Å². The van der Waals surface area contributed by atoms with Gasteiger partial charge in [0.05, 0.1) is 18.1 Å². The van der Waals surface area contributed by atoms with Gasteiger partial charge in [-0.3, -0.25) is 0 Å². The van der Waals surface area contributed by atoms with Crippen LogP contribution in [0.5, 0.6) is 0 Å². The van der Waals surface area contributed by atoms with Crippen LogP contribution in [0.25, 0.3) is 0 Å². The third kappa shape index (κ3) is 5.07. The SMILES string of the molecule is N#CCC[C@@H](C#N)CSc1nnc(Nc2ccccc2)s1. The molecule has 21 heavy (non-hydrogen) atoms. The summed E-state index contributed by atoms with van der Waals surface area (Å²) in [6, 6.07) is 14.1. The van der Waals surface area contributed by atoms with Gasteiger partial charge in [-0.25, -0.2) is 0 Å². The zero-order chi connectivity index (χ0) is 14.9. The standard InChI is InChI=1S/C14H13N5S2/c15-8-4-5-11(9-16)10-20-14-19-18-13(21-14)17-12-6-2-1-3-7-12/h1-3,6-7,11H,4-5,10H2,(H,17,18)/t11-/m0/s1. The molecule has 1 atom stereocenters. The molecule has 0 spiro atoms. The molecule has 1 aromatic carbocycles. The molecular weight excluding hydrogens is 302 g/mol. The van der Waals surface area contributed by atoms with Crippen molar-refractivity contribution in [1.29, 1.82) is 10.5 Å². The van der Waals surface area contributed by atoms with E-state index in [1.165, 1.54) is 23.1 Å². The Morgan fingerprint density at radius 3 is 2.76 bits per heavy atom. The molecule has 0 radical (unpaired) electrons. The van der Waals surface area contributed by atoms with Crippen molar-refractivity contribution in [3.8, 4) is 12.1 Å². The molecule has 1 N–H and O–H groups in total. The van der Waals surface area contributed by atoms with Crippen LogP contribution in [0.1, 0.15) is 12.8 Å². The summed E-state index contributed by atoms with van der Waals surface area (Å²) in [5, 5.41) is 29.6. The van der Waals surface area contributed by atoms with E-state index in [0.29, 0.717) is 18.6 Å². The number of para-hydroxylation sites is 1. The zero-order valence-corrected chi connectivity index (χ0v) is 12.8. The third-order valence-electron chi connectivity index (χ3n) is 2.63. The predicted molar refractivity (Wildman–Crippen MR) is 84.3 cm³/mol. The van der Waals surface area contributed by atoms with E-state index >= 15 is 0 Å². The second kappa shape index (κ2) is 8.25. The lowest BCUT2D eigenvalue weighted by molar-refractivity contribution is 0.685. The van der Waals surface area contributed by atoms with Crippen molar-refractivity contribution in [2.75, 3.05) is 11.1 Å². The van der Waals surface area contributed by atoms with Gasteiger partial charge in [-0.15, -0.1) is 10.2 Å². The first kappa shape index (κ1) is 15.3. The number of nitriles is 2. The summed E-state index contributed by atoms with van der Waals surface area (Å²) in [5.41, 5.74) is 0.967. The summed E-state index contributed by atoms with van der Waals surface area (Å²) in [6.45, 7) is 0. The summed E-state index contributed by atoms with van der Waals surface area (Å²) in [4.78, 5) is 0. The van der Waals surface area contributed by atoms with E-state index in [4.69, 9.17) is 10.5 Å². The van der Waals surface area contributed by atoms with Gasteiger partial charge in [0.2, 0.25) is 5.13 Å². The van der Waals surface area contributed by atoms with Crippen molar-refractivity contribution in [1.82, 2.24) is 10.2 Å². The van der Waals surface area contributed by atoms with Crippen LogP contribution in [-0.4, -0.2) is 16.0 Å². The number of aromatic nitrogens is 2. The van der Waals surface area contributed by atoms with Crippen molar-refractivity contribution in [2.24, 2.45) is 5.92 Å². The summed E-state index contributed by atoms with van der Waals surface area (Å²) >= 11 is 2.97. The maximum absolute atomic E-state index is 9.01. The first-order valence-corrected chi connectivity index (χ1v) is 8.17. The van der Waals surface area contributed by atoms with Crippen LogP contribution < -0.4 is 5.32 Å². The van der Waals surface area contributed by atoms with E-state index in [1.807, 2.05) is 30.3 Å². The minimum absolute atomic E-state index is 0.121. The molecule has 106 valence electrons. The van der Waals surface area contributed by atoms with Crippen LogP contribution in [0.2, 0.25) is 0 Å². The summed E-state index contributed by atoms with van der Waals surface area (Å²) < 4.78 is 0.825. The van der Waals surface area contributed by atoms with Gasteiger partial charge in [0.15, 0.2) is 4.34 Å². The van der Waals surface area contributed by atoms with Gasteiger partial charge < -0.3 is 5.32 Å². The normalized spacial score (nSPS) is 11.3. The summed E-state index contributed by atoms with van der Waals surface area (Å²) in [7, 11) is 0. The molecule has 0 aliphatic carbocycles. The molecule has 7 heteroatoms. The zero-order valence-electron chi connectivity index (χ0n) is 11.2. The molecule has 0 unspecified atom stereocenters. The van der Waals surface area contributed by atoms with Gasteiger partial charge in [-0.1, -0.05) is 41.3 Å². The molecule has 1 heterocycles. The largest absolute Gasteiger partial charge is 0.330 e. The molecule has 0 fully saturated rings.